The average molecular weight is 342 g/mol. The van der Waals surface area contributed by atoms with Gasteiger partial charge in [0.2, 0.25) is 0 Å². The van der Waals surface area contributed by atoms with Crippen molar-refractivity contribution >= 4 is 16.4 Å². The number of hydrogen-bond acceptors (Lipinski definition) is 5. The maximum atomic E-state index is 13.0. The van der Waals surface area contributed by atoms with E-state index in [1.54, 1.807) is 0 Å². The molecule has 0 saturated heterocycles. The Morgan fingerprint density at radius 3 is 2.23 bits per heavy atom. The number of alkyl halides is 3. The Morgan fingerprint density at radius 1 is 1.14 bits per heavy atom. The first-order valence-corrected chi connectivity index (χ1v) is 6.76. The molecule has 0 amide bonds. The van der Waals surface area contributed by atoms with E-state index < -0.39 is 32.3 Å². The fourth-order valence-electron chi connectivity index (χ4n) is 1.69. The van der Waals surface area contributed by atoms with Gasteiger partial charge in [-0.25, -0.2) is 8.42 Å². The molecule has 0 spiro atoms. The maximum absolute atomic E-state index is 13.0. The molecule has 112 valence electrons. The Balaban J connectivity index is 0.00000242. The number of benzene rings is 1. The van der Waals surface area contributed by atoms with E-state index in [-0.39, 0.29) is 47.1 Å². The van der Waals surface area contributed by atoms with Gasteiger partial charge in [-0.3, -0.25) is 4.79 Å². The second-order valence-electron chi connectivity index (χ2n) is 3.98. The fourth-order valence-corrected chi connectivity index (χ4v) is 2.19. The summed E-state index contributed by atoms with van der Waals surface area (Å²) in [5.41, 5.74) is -1.81. The zero-order valence-electron chi connectivity index (χ0n) is 11.0. The molecule has 10 heteroatoms. The topological polar surface area (TPSA) is 87.4 Å². The van der Waals surface area contributed by atoms with Gasteiger partial charge in [-0.15, -0.1) is 0 Å². The molecule has 0 aliphatic rings. The third-order valence-electron chi connectivity index (χ3n) is 2.59. The van der Waals surface area contributed by atoms with Crippen molar-refractivity contribution in [3.63, 3.8) is 0 Å². The van der Waals surface area contributed by atoms with Crippen LogP contribution >= 0.6 is 0 Å². The molecule has 0 fully saturated rings. The molecule has 0 aliphatic carbocycles. The van der Waals surface area contributed by atoms with Crippen LogP contribution in [-0.2, 0) is 16.3 Å². The van der Waals surface area contributed by atoms with Gasteiger partial charge in [0.05, 0.1) is 10.5 Å². The SMILES string of the molecule is O=Cc1ccc(-c2ccc(S(=O)(=O)[O-])cc2C(F)(F)F)o1.[Na+]. The first-order chi connectivity index (χ1) is 9.63. The summed E-state index contributed by atoms with van der Waals surface area (Å²) in [7, 11) is -5.02. The molecule has 2 aromatic rings. The molecule has 0 N–H and O–H groups in total. The normalized spacial score (nSPS) is 11.8. The summed E-state index contributed by atoms with van der Waals surface area (Å²) in [6, 6.07) is 4.10. The summed E-state index contributed by atoms with van der Waals surface area (Å²) in [6.45, 7) is 0. The van der Waals surface area contributed by atoms with Gasteiger partial charge in [0, 0.05) is 5.56 Å². The van der Waals surface area contributed by atoms with Crippen LogP contribution in [0.2, 0.25) is 0 Å². The van der Waals surface area contributed by atoms with Crippen LogP contribution in [0.4, 0.5) is 13.2 Å². The molecule has 5 nitrogen and oxygen atoms in total. The van der Waals surface area contributed by atoms with Crippen molar-refractivity contribution in [2.45, 2.75) is 11.1 Å². The van der Waals surface area contributed by atoms with Crippen molar-refractivity contribution in [3.05, 3.63) is 41.7 Å². The second kappa shape index (κ2) is 6.55. The summed E-state index contributed by atoms with van der Waals surface area (Å²) in [5.74, 6) is -0.446. The minimum Gasteiger partial charge on any atom is -0.744 e. The van der Waals surface area contributed by atoms with Gasteiger partial charge in [-0.2, -0.15) is 13.2 Å². The molecule has 0 bridgehead atoms. The van der Waals surface area contributed by atoms with Crippen LogP contribution in [-0.4, -0.2) is 19.3 Å². The van der Waals surface area contributed by atoms with Gasteiger partial charge < -0.3 is 8.97 Å². The zero-order chi connectivity index (χ0) is 15.8. The number of rotatable bonds is 3. The van der Waals surface area contributed by atoms with Crippen molar-refractivity contribution in [3.8, 4) is 11.3 Å². The molecule has 22 heavy (non-hydrogen) atoms. The van der Waals surface area contributed by atoms with Crippen molar-refractivity contribution in [1.82, 2.24) is 0 Å². The van der Waals surface area contributed by atoms with Gasteiger partial charge in [0.15, 0.2) is 12.0 Å². The standard InChI is InChI=1S/C12H7F3O5S.Na/c13-12(14,15)10-5-8(21(17,18)19)2-3-9(10)11-4-1-7(6-16)20-11;/h1-6H,(H,17,18,19);/q;+1/p-1. The third kappa shape index (κ3) is 3.99. The van der Waals surface area contributed by atoms with E-state index >= 15 is 0 Å². The fraction of sp³-hybridized carbons (Fsp3) is 0.0833. The third-order valence-corrected chi connectivity index (χ3v) is 3.42. The van der Waals surface area contributed by atoms with Crippen molar-refractivity contribution in [2.24, 2.45) is 0 Å². The van der Waals surface area contributed by atoms with Crippen molar-refractivity contribution < 1.29 is 64.9 Å². The summed E-state index contributed by atoms with van der Waals surface area (Å²) >= 11 is 0. The minimum absolute atomic E-state index is 0. The summed E-state index contributed by atoms with van der Waals surface area (Å²) in [6.07, 6.45) is -4.59. The van der Waals surface area contributed by atoms with Crippen LogP contribution < -0.4 is 29.6 Å². The quantitative estimate of drug-likeness (QED) is 0.434. The Kier molecular flexibility index (Phi) is 5.63. The smallest absolute Gasteiger partial charge is 0.744 e. The van der Waals surface area contributed by atoms with Crippen LogP contribution in [0.3, 0.4) is 0 Å². The van der Waals surface area contributed by atoms with Crippen LogP contribution in [0.15, 0.2) is 39.6 Å². The van der Waals surface area contributed by atoms with Crippen molar-refractivity contribution in [2.75, 3.05) is 0 Å². The molecule has 0 aliphatic heterocycles. The Hall–Kier alpha value is -1.13. The van der Waals surface area contributed by atoms with E-state index in [2.05, 4.69) is 0 Å². The number of aldehydes is 1. The number of furan rings is 1. The van der Waals surface area contributed by atoms with E-state index in [4.69, 9.17) is 4.42 Å². The predicted molar refractivity (Wildman–Crippen MR) is 62.5 cm³/mol. The van der Waals surface area contributed by atoms with Crippen LogP contribution in [0.25, 0.3) is 11.3 Å². The van der Waals surface area contributed by atoms with Gasteiger partial charge in [0.25, 0.3) is 0 Å². The molecule has 2 rings (SSSR count). The maximum Gasteiger partial charge on any atom is 1.00 e. The number of carbonyl (C=O) groups excluding carboxylic acids is 1. The van der Waals surface area contributed by atoms with E-state index in [9.17, 15) is 30.9 Å². The molecule has 0 unspecified atom stereocenters. The summed E-state index contributed by atoms with van der Waals surface area (Å²) in [4.78, 5) is 9.48. The zero-order valence-corrected chi connectivity index (χ0v) is 13.9. The molecule has 1 heterocycles. The molecular formula is C12H6F3NaO5S. The Bertz CT molecular complexity index is 795. The first kappa shape index (κ1) is 18.9. The predicted octanol–water partition coefficient (Wildman–Crippen LogP) is -0.314. The van der Waals surface area contributed by atoms with Crippen LogP contribution in [0, 0.1) is 0 Å². The number of halogens is 3. The van der Waals surface area contributed by atoms with Crippen molar-refractivity contribution in [1.29, 1.82) is 0 Å². The largest absolute Gasteiger partial charge is 1.00 e. The second-order valence-corrected chi connectivity index (χ2v) is 5.36. The van der Waals surface area contributed by atoms with E-state index in [1.807, 2.05) is 0 Å². The molecule has 0 saturated carbocycles. The molecule has 1 aromatic heterocycles. The van der Waals surface area contributed by atoms with E-state index in [0.29, 0.717) is 6.29 Å². The Morgan fingerprint density at radius 2 is 1.77 bits per heavy atom. The molecule has 0 atom stereocenters. The molecule has 0 radical (unpaired) electrons. The first-order valence-electron chi connectivity index (χ1n) is 5.35. The van der Waals surface area contributed by atoms with Crippen LogP contribution in [0.5, 0.6) is 0 Å². The molecular weight excluding hydrogens is 336 g/mol. The number of carbonyl (C=O) groups is 1. The number of hydrogen-bond donors (Lipinski definition) is 0. The summed E-state index contributed by atoms with van der Waals surface area (Å²) in [5, 5.41) is 0. The van der Waals surface area contributed by atoms with Gasteiger partial charge in [0.1, 0.15) is 15.9 Å². The Labute approximate surface area is 145 Å². The van der Waals surface area contributed by atoms with Crippen LogP contribution in [0.1, 0.15) is 16.1 Å². The molecule has 1 aromatic carbocycles. The minimum atomic E-state index is -5.02. The monoisotopic (exact) mass is 342 g/mol. The van der Waals surface area contributed by atoms with Gasteiger partial charge in [-0.05, 0) is 30.3 Å². The van der Waals surface area contributed by atoms with E-state index in [1.165, 1.54) is 6.07 Å². The van der Waals surface area contributed by atoms with Gasteiger partial charge >= 0.3 is 35.7 Å². The average Bonchev–Trinajstić information content (AvgIpc) is 2.84. The van der Waals surface area contributed by atoms with Gasteiger partial charge in [-0.1, -0.05) is 0 Å². The summed E-state index contributed by atoms with van der Waals surface area (Å²) < 4.78 is 76.3. The van der Waals surface area contributed by atoms with E-state index in [0.717, 1.165) is 18.2 Å².